The molecule has 0 fully saturated rings. The van der Waals surface area contributed by atoms with Gasteiger partial charge in [-0.05, 0) is 39.0 Å². The Bertz CT molecular complexity index is 1050. The number of nitrogens with one attached hydrogen (secondary N) is 1. The number of hydrogen-bond acceptors (Lipinski definition) is 8. The summed E-state index contributed by atoms with van der Waals surface area (Å²) in [6.45, 7) is 6.74. The molecule has 0 aliphatic carbocycles. The molecule has 1 amide bonds. The molecule has 1 N–H and O–H groups in total. The van der Waals surface area contributed by atoms with Crippen LogP contribution < -0.4 is 19.5 Å². The van der Waals surface area contributed by atoms with Crippen LogP contribution in [0.2, 0.25) is 0 Å². The Labute approximate surface area is 176 Å². The Hall–Kier alpha value is -3.40. The van der Waals surface area contributed by atoms with Gasteiger partial charge in [0, 0.05) is 17.7 Å². The molecule has 10 heteroatoms. The van der Waals surface area contributed by atoms with Crippen LogP contribution in [-0.4, -0.2) is 35.6 Å². The normalized spacial score (nSPS) is 10.6. The number of carbonyl (C=O) groups excluding carboxylic acids is 1. The number of rotatable bonds is 9. The molecule has 0 unspecified atom stereocenters. The van der Waals surface area contributed by atoms with Crippen LogP contribution in [0.1, 0.15) is 31.1 Å². The van der Waals surface area contributed by atoms with Crippen molar-refractivity contribution in [2.24, 2.45) is 0 Å². The molecular weight excluding hydrogens is 410 g/mol. The number of fused-ring (bicyclic) bond motifs is 1. The summed E-state index contributed by atoms with van der Waals surface area (Å²) < 4.78 is 17.5. The third-order valence-electron chi connectivity index (χ3n) is 3.97. The van der Waals surface area contributed by atoms with Crippen molar-refractivity contribution in [3.63, 3.8) is 0 Å². The second kappa shape index (κ2) is 9.40. The minimum absolute atomic E-state index is 0.0294. The van der Waals surface area contributed by atoms with Crippen LogP contribution in [0, 0.1) is 10.1 Å². The van der Waals surface area contributed by atoms with Crippen LogP contribution >= 0.6 is 11.3 Å². The SMILES string of the molecule is CCOc1cc(C(=O)Nc2nc3ccc([N+](=O)[O-])cc3s2)cc(OCC)c1OCC. The van der Waals surface area contributed by atoms with E-state index in [-0.39, 0.29) is 5.69 Å². The van der Waals surface area contributed by atoms with Gasteiger partial charge in [-0.3, -0.25) is 20.2 Å². The molecular formula is C20H21N3O6S. The van der Waals surface area contributed by atoms with E-state index in [1.807, 2.05) is 20.8 Å². The molecule has 9 nitrogen and oxygen atoms in total. The zero-order valence-electron chi connectivity index (χ0n) is 16.8. The molecule has 30 heavy (non-hydrogen) atoms. The zero-order chi connectivity index (χ0) is 21.7. The van der Waals surface area contributed by atoms with E-state index in [9.17, 15) is 14.9 Å². The third kappa shape index (κ3) is 4.60. The Morgan fingerprint density at radius 2 is 1.70 bits per heavy atom. The first-order chi connectivity index (χ1) is 14.5. The summed E-state index contributed by atoms with van der Waals surface area (Å²) in [5.74, 6) is 0.865. The quantitative estimate of drug-likeness (QED) is 0.387. The highest BCUT2D eigenvalue weighted by atomic mass is 32.1. The van der Waals surface area contributed by atoms with Gasteiger partial charge in [-0.2, -0.15) is 0 Å². The van der Waals surface area contributed by atoms with Gasteiger partial charge in [0.15, 0.2) is 16.6 Å². The summed E-state index contributed by atoms with van der Waals surface area (Å²) in [4.78, 5) is 27.6. The van der Waals surface area contributed by atoms with Gasteiger partial charge in [-0.25, -0.2) is 4.98 Å². The first-order valence-electron chi connectivity index (χ1n) is 9.39. The highest BCUT2D eigenvalue weighted by molar-refractivity contribution is 7.22. The van der Waals surface area contributed by atoms with Gasteiger partial charge in [0.05, 0.1) is 35.0 Å². The van der Waals surface area contributed by atoms with E-state index in [4.69, 9.17) is 14.2 Å². The topological polar surface area (TPSA) is 113 Å². The lowest BCUT2D eigenvalue weighted by Crippen LogP contribution is -2.13. The first-order valence-corrected chi connectivity index (χ1v) is 10.2. The number of thiazole rings is 1. The number of amides is 1. The molecule has 0 saturated heterocycles. The molecule has 0 spiro atoms. The fraction of sp³-hybridized carbons (Fsp3) is 0.300. The van der Waals surface area contributed by atoms with Crippen LogP contribution in [-0.2, 0) is 0 Å². The molecule has 0 saturated carbocycles. The fourth-order valence-electron chi connectivity index (χ4n) is 2.77. The standard InChI is InChI=1S/C20H21N3O6S/c1-4-27-15-9-12(10-16(28-5-2)18(15)29-6-3)19(24)22-20-21-14-8-7-13(23(25)26)11-17(14)30-20/h7-11H,4-6H2,1-3H3,(H,21,22,24). The molecule has 0 aliphatic rings. The van der Waals surface area contributed by atoms with E-state index in [0.717, 1.165) is 11.3 Å². The van der Waals surface area contributed by atoms with Gasteiger partial charge < -0.3 is 14.2 Å². The lowest BCUT2D eigenvalue weighted by Gasteiger charge is -2.16. The number of benzene rings is 2. The van der Waals surface area contributed by atoms with E-state index < -0.39 is 10.8 Å². The Morgan fingerprint density at radius 1 is 1.07 bits per heavy atom. The smallest absolute Gasteiger partial charge is 0.270 e. The molecule has 2 aromatic carbocycles. The number of hydrogen-bond donors (Lipinski definition) is 1. The van der Waals surface area contributed by atoms with Gasteiger partial charge in [0.25, 0.3) is 11.6 Å². The number of carbonyl (C=O) groups is 1. The molecule has 158 valence electrons. The highest BCUT2D eigenvalue weighted by Gasteiger charge is 2.19. The lowest BCUT2D eigenvalue weighted by molar-refractivity contribution is -0.384. The number of non-ortho nitro benzene ring substituents is 1. The van der Waals surface area contributed by atoms with Crippen molar-refractivity contribution >= 4 is 38.3 Å². The van der Waals surface area contributed by atoms with Gasteiger partial charge in [-0.1, -0.05) is 11.3 Å². The predicted molar refractivity (Wildman–Crippen MR) is 114 cm³/mol. The van der Waals surface area contributed by atoms with Crippen molar-refractivity contribution in [1.29, 1.82) is 0 Å². The largest absolute Gasteiger partial charge is 0.490 e. The van der Waals surface area contributed by atoms with Crippen LogP contribution in [0.5, 0.6) is 17.2 Å². The van der Waals surface area contributed by atoms with E-state index >= 15 is 0 Å². The van der Waals surface area contributed by atoms with E-state index in [2.05, 4.69) is 10.3 Å². The monoisotopic (exact) mass is 431 g/mol. The number of nitro benzene ring substituents is 1. The highest BCUT2D eigenvalue weighted by Crippen LogP contribution is 2.39. The third-order valence-corrected chi connectivity index (χ3v) is 4.91. The molecule has 3 aromatic rings. The van der Waals surface area contributed by atoms with Gasteiger partial charge in [0.2, 0.25) is 5.75 Å². The predicted octanol–water partition coefficient (Wildman–Crippen LogP) is 4.65. The lowest BCUT2D eigenvalue weighted by atomic mass is 10.1. The summed E-state index contributed by atoms with van der Waals surface area (Å²) in [5.41, 5.74) is 0.853. The average molecular weight is 431 g/mol. The number of ether oxygens (including phenoxy) is 3. The first kappa shape index (κ1) is 21.3. The van der Waals surface area contributed by atoms with Crippen molar-refractivity contribution in [3.8, 4) is 17.2 Å². The minimum Gasteiger partial charge on any atom is -0.490 e. The second-order valence-corrected chi connectivity index (χ2v) is 7.01. The minimum atomic E-state index is -0.470. The maximum Gasteiger partial charge on any atom is 0.270 e. The molecule has 0 radical (unpaired) electrons. The molecule has 0 aliphatic heterocycles. The molecule has 1 heterocycles. The van der Waals surface area contributed by atoms with E-state index in [0.29, 0.717) is 58.0 Å². The number of aromatic nitrogens is 1. The average Bonchev–Trinajstić information content (AvgIpc) is 3.11. The maximum atomic E-state index is 12.8. The van der Waals surface area contributed by atoms with E-state index in [1.165, 1.54) is 12.1 Å². The number of nitro groups is 1. The van der Waals surface area contributed by atoms with Crippen molar-refractivity contribution in [2.45, 2.75) is 20.8 Å². The zero-order valence-corrected chi connectivity index (χ0v) is 17.6. The van der Waals surface area contributed by atoms with Gasteiger partial charge in [0.1, 0.15) is 0 Å². The van der Waals surface area contributed by atoms with Crippen molar-refractivity contribution < 1.29 is 23.9 Å². The maximum absolute atomic E-state index is 12.8. The van der Waals surface area contributed by atoms with E-state index in [1.54, 1.807) is 18.2 Å². The fourth-order valence-corrected chi connectivity index (χ4v) is 3.66. The van der Waals surface area contributed by atoms with Crippen molar-refractivity contribution in [2.75, 3.05) is 25.1 Å². The summed E-state index contributed by atoms with van der Waals surface area (Å²) >= 11 is 1.16. The van der Waals surface area contributed by atoms with Crippen LogP contribution in [0.4, 0.5) is 10.8 Å². The Morgan fingerprint density at radius 3 is 2.27 bits per heavy atom. The summed E-state index contributed by atoms with van der Waals surface area (Å²) in [6, 6.07) is 7.54. The van der Waals surface area contributed by atoms with Crippen molar-refractivity contribution in [1.82, 2.24) is 4.98 Å². The molecule has 0 atom stereocenters. The summed E-state index contributed by atoms with van der Waals surface area (Å²) in [7, 11) is 0. The van der Waals surface area contributed by atoms with Gasteiger partial charge in [-0.15, -0.1) is 0 Å². The van der Waals surface area contributed by atoms with Crippen LogP contribution in [0.3, 0.4) is 0 Å². The number of anilines is 1. The summed E-state index contributed by atoms with van der Waals surface area (Å²) in [6.07, 6.45) is 0. The molecule has 1 aromatic heterocycles. The Kier molecular flexibility index (Phi) is 6.68. The van der Waals surface area contributed by atoms with Crippen molar-refractivity contribution in [3.05, 3.63) is 46.0 Å². The number of nitrogens with zero attached hydrogens (tertiary/aromatic N) is 2. The van der Waals surface area contributed by atoms with Crippen LogP contribution in [0.25, 0.3) is 10.2 Å². The van der Waals surface area contributed by atoms with Gasteiger partial charge >= 0.3 is 0 Å². The molecule has 3 rings (SSSR count). The van der Waals surface area contributed by atoms with Crippen LogP contribution in [0.15, 0.2) is 30.3 Å². The second-order valence-electron chi connectivity index (χ2n) is 5.98. The molecule has 0 bridgehead atoms. The Balaban J connectivity index is 1.92. The summed E-state index contributed by atoms with van der Waals surface area (Å²) in [5, 5.41) is 14.0.